The average Bonchev–Trinajstić information content (AvgIpc) is 3.33. The van der Waals surface area contributed by atoms with Crippen LogP contribution in [-0.4, -0.2) is 47.5 Å². The molecule has 3 heterocycles. The van der Waals surface area contributed by atoms with Crippen LogP contribution >= 0.6 is 11.6 Å². The molecule has 30 heavy (non-hydrogen) atoms. The second kappa shape index (κ2) is 8.17. The Morgan fingerprint density at radius 2 is 2.10 bits per heavy atom. The second-order valence-corrected chi connectivity index (χ2v) is 10.3. The molecule has 0 spiro atoms. The maximum absolute atomic E-state index is 13.2. The second-order valence-electron chi connectivity index (χ2n) is 7.98. The lowest BCUT2D eigenvalue weighted by molar-refractivity contribution is 0.414. The van der Waals surface area contributed by atoms with Crippen molar-refractivity contribution in [3.8, 4) is 5.75 Å². The Balaban J connectivity index is 1.64. The molecule has 3 aromatic rings. The highest BCUT2D eigenvalue weighted by Gasteiger charge is 2.36. The number of hydrogen-bond acceptors (Lipinski definition) is 5. The third-order valence-corrected chi connectivity index (χ3v) is 7.56. The van der Waals surface area contributed by atoms with Gasteiger partial charge in [-0.3, -0.25) is 4.98 Å². The molecular formula is C21H25ClN4O3S. The summed E-state index contributed by atoms with van der Waals surface area (Å²) in [7, 11) is -2.15. The number of ether oxygens (including phenoxy) is 1. The van der Waals surface area contributed by atoms with Gasteiger partial charge < -0.3 is 9.30 Å². The van der Waals surface area contributed by atoms with Gasteiger partial charge in [-0.25, -0.2) is 13.4 Å². The fourth-order valence-corrected chi connectivity index (χ4v) is 5.82. The van der Waals surface area contributed by atoms with Gasteiger partial charge in [0.15, 0.2) is 0 Å². The summed E-state index contributed by atoms with van der Waals surface area (Å²) in [5.41, 5.74) is 1.88. The van der Waals surface area contributed by atoms with Gasteiger partial charge in [0.1, 0.15) is 11.6 Å². The average molecular weight is 449 g/mol. The summed E-state index contributed by atoms with van der Waals surface area (Å²) >= 11 is 6.15. The molecule has 160 valence electrons. The van der Waals surface area contributed by atoms with Crippen LogP contribution in [0.2, 0.25) is 5.02 Å². The van der Waals surface area contributed by atoms with Gasteiger partial charge in [-0.15, -0.1) is 0 Å². The van der Waals surface area contributed by atoms with Crippen molar-refractivity contribution in [2.75, 3.05) is 20.2 Å². The summed E-state index contributed by atoms with van der Waals surface area (Å²) in [6, 6.07) is 6.46. The van der Waals surface area contributed by atoms with E-state index in [9.17, 15) is 8.42 Å². The van der Waals surface area contributed by atoms with E-state index in [4.69, 9.17) is 21.3 Å². The molecule has 7 nitrogen and oxygen atoms in total. The molecule has 1 aromatic carbocycles. The number of halogens is 1. The molecule has 0 bridgehead atoms. The van der Waals surface area contributed by atoms with E-state index in [0.717, 1.165) is 29.8 Å². The Labute approximate surface area is 181 Å². The largest absolute Gasteiger partial charge is 0.495 e. The highest BCUT2D eigenvalue weighted by atomic mass is 35.5. The molecule has 1 fully saturated rings. The lowest BCUT2D eigenvalue weighted by Crippen LogP contribution is -2.29. The highest BCUT2D eigenvalue weighted by molar-refractivity contribution is 7.89. The summed E-state index contributed by atoms with van der Waals surface area (Å²) in [5.74, 6) is 1.84. The van der Waals surface area contributed by atoms with Crippen molar-refractivity contribution in [1.29, 1.82) is 0 Å². The van der Waals surface area contributed by atoms with E-state index >= 15 is 0 Å². The molecule has 0 aliphatic carbocycles. The molecule has 1 aliphatic heterocycles. The molecule has 1 unspecified atom stereocenters. The summed E-state index contributed by atoms with van der Waals surface area (Å²) in [6.45, 7) is 5.96. The van der Waals surface area contributed by atoms with Crippen LogP contribution in [-0.2, 0) is 16.6 Å². The standard InChI is InChI=1S/C21H25ClN4O3S/c1-14(2)12-26-19-11-23-8-6-18(19)24-21(26)15-7-9-25(13-15)30(27,28)16-4-5-20(29-3)17(22)10-16/h4-6,8,10-11,14-15H,7,9,12-13H2,1-3H3. The molecular weight excluding hydrogens is 424 g/mol. The van der Waals surface area contributed by atoms with Crippen molar-refractivity contribution in [2.45, 2.75) is 37.6 Å². The van der Waals surface area contributed by atoms with Crippen molar-refractivity contribution in [3.05, 3.63) is 47.5 Å². The molecule has 1 saturated heterocycles. The maximum Gasteiger partial charge on any atom is 0.243 e. The number of rotatable bonds is 6. The molecule has 2 aromatic heterocycles. The monoisotopic (exact) mass is 448 g/mol. The van der Waals surface area contributed by atoms with Crippen LogP contribution in [0, 0.1) is 5.92 Å². The molecule has 9 heteroatoms. The minimum Gasteiger partial charge on any atom is -0.495 e. The topological polar surface area (TPSA) is 77.3 Å². The summed E-state index contributed by atoms with van der Waals surface area (Å²) in [5, 5.41) is 0.278. The number of fused-ring (bicyclic) bond motifs is 1. The van der Waals surface area contributed by atoms with Crippen LogP contribution in [0.1, 0.15) is 32.0 Å². The van der Waals surface area contributed by atoms with Gasteiger partial charge in [0.2, 0.25) is 10.0 Å². The van der Waals surface area contributed by atoms with E-state index in [-0.39, 0.29) is 15.8 Å². The summed E-state index contributed by atoms with van der Waals surface area (Å²) in [4.78, 5) is 9.26. The van der Waals surface area contributed by atoms with Crippen LogP contribution in [0.15, 0.2) is 41.6 Å². The van der Waals surface area contributed by atoms with E-state index in [1.165, 1.54) is 23.5 Å². The number of methoxy groups -OCH3 is 1. The van der Waals surface area contributed by atoms with E-state index in [1.54, 1.807) is 12.3 Å². The van der Waals surface area contributed by atoms with Crippen molar-refractivity contribution in [3.63, 3.8) is 0 Å². The number of aromatic nitrogens is 3. The van der Waals surface area contributed by atoms with Crippen molar-refractivity contribution in [2.24, 2.45) is 5.92 Å². The molecule has 4 rings (SSSR count). The van der Waals surface area contributed by atoms with Crippen LogP contribution in [0.3, 0.4) is 0 Å². The van der Waals surface area contributed by atoms with Gasteiger partial charge in [0.05, 0.1) is 34.3 Å². The number of sulfonamides is 1. The molecule has 0 amide bonds. The zero-order valence-corrected chi connectivity index (χ0v) is 18.8. The number of nitrogens with zero attached hydrogens (tertiary/aromatic N) is 4. The van der Waals surface area contributed by atoms with Crippen LogP contribution < -0.4 is 4.74 Å². The summed E-state index contributed by atoms with van der Waals surface area (Å²) < 4.78 is 35.2. The molecule has 0 radical (unpaired) electrons. The minimum absolute atomic E-state index is 0.0274. The van der Waals surface area contributed by atoms with Crippen LogP contribution in [0.4, 0.5) is 0 Å². The Kier molecular flexibility index (Phi) is 5.74. The first-order valence-corrected chi connectivity index (χ1v) is 11.8. The van der Waals surface area contributed by atoms with E-state index in [1.807, 2.05) is 12.3 Å². The van der Waals surface area contributed by atoms with Crippen molar-refractivity contribution >= 4 is 32.7 Å². The number of pyridine rings is 1. The Morgan fingerprint density at radius 1 is 1.30 bits per heavy atom. The first-order valence-electron chi connectivity index (χ1n) is 9.95. The van der Waals surface area contributed by atoms with Gasteiger partial charge in [0, 0.05) is 31.7 Å². The molecule has 1 aliphatic rings. The number of hydrogen-bond donors (Lipinski definition) is 0. The quantitative estimate of drug-likeness (QED) is 0.571. The first kappa shape index (κ1) is 21.1. The Morgan fingerprint density at radius 3 is 2.80 bits per heavy atom. The number of benzene rings is 1. The van der Waals surface area contributed by atoms with E-state index in [2.05, 4.69) is 23.4 Å². The maximum atomic E-state index is 13.2. The smallest absolute Gasteiger partial charge is 0.243 e. The number of imidazole rings is 1. The Bertz CT molecular complexity index is 1180. The van der Waals surface area contributed by atoms with Crippen molar-refractivity contribution < 1.29 is 13.2 Å². The van der Waals surface area contributed by atoms with Gasteiger partial charge in [-0.05, 0) is 36.6 Å². The van der Waals surface area contributed by atoms with Gasteiger partial charge >= 0.3 is 0 Å². The van der Waals surface area contributed by atoms with Gasteiger partial charge in [0.25, 0.3) is 0 Å². The molecule has 0 saturated carbocycles. The lowest BCUT2D eigenvalue weighted by atomic mass is 10.1. The zero-order chi connectivity index (χ0) is 21.5. The van der Waals surface area contributed by atoms with Crippen LogP contribution in [0.5, 0.6) is 5.75 Å². The van der Waals surface area contributed by atoms with Gasteiger partial charge in [-0.2, -0.15) is 4.31 Å². The minimum atomic E-state index is -3.65. The first-order chi connectivity index (χ1) is 14.3. The van der Waals surface area contributed by atoms with E-state index in [0.29, 0.717) is 24.8 Å². The molecule has 0 N–H and O–H groups in total. The third kappa shape index (κ3) is 3.79. The van der Waals surface area contributed by atoms with Gasteiger partial charge in [-0.1, -0.05) is 25.4 Å². The normalized spacial score (nSPS) is 17.8. The SMILES string of the molecule is COc1ccc(S(=O)(=O)N2CCC(c3nc4ccncc4n3CC(C)C)C2)cc1Cl. The third-order valence-electron chi connectivity index (χ3n) is 5.40. The van der Waals surface area contributed by atoms with Crippen LogP contribution in [0.25, 0.3) is 11.0 Å². The predicted octanol–water partition coefficient (Wildman–Crippen LogP) is 3.93. The fourth-order valence-electron chi connectivity index (χ4n) is 3.97. The van der Waals surface area contributed by atoms with E-state index < -0.39 is 10.0 Å². The lowest BCUT2D eigenvalue weighted by Gasteiger charge is -2.18. The summed E-state index contributed by atoms with van der Waals surface area (Å²) in [6.07, 6.45) is 4.28. The zero-order valence-electron chi connectivity index (χ0n) is 17.2. The predicted molar refractivity (Wildman–Crippen MR) is 116 cm³/mol. The Hall–Kier alpha value is -2.16. The fraction of sp³-hybridized carbons (Fsp3) is 0.429. The van der Waals surface area contributed by atoms with Crippen molar-refractivity contribution in [1.82, 2.24) is 18.8 Å². The highest BCUT2D eigenvalue weighted by Crippen LogP contribution is 2.34. The molecule has 1 atom stereocenters.